The normalized spacial score (nSPS) is 18.4. The Kier molecular flexibility index (Phi) is 6.52. The van der Waals surface area contributed by atoms with E-state index in [0.29, 0.717) is 28.6 Å². The maximum Gasteiger partial charge on any atom is 0.232 e. The SMILES string of the molecule is CCC1=CCCC=C1C(=O)c1ccc(N2CCC(Oc3ncccc3Cl)C2)c(C=O)c1. The Morgan fingerprint density at radius 2 is 2.13 bits per heavy atom. The number of aldehydes is 1. The zero-order valence-electron chi connectivity index (χ0n) is 17.5. The van der Waals surface area contributed by atoms with E-state index in [-0.39, 0.29) is 11.9 Å². The molecule has 1 aliphatic carbocycles. The molecule has 1 aromatic heterocycles. The lowest BCUT2D eigenvalue weighted by atomic mass is 9.89. The molecule has 1 unspecified atom stereocenters. The van der Waals surface area contributed by atoms with Crippen LogP contribution in [0.5, 0.6) is 5.88 Å². The van der Waals surface area contributed by atoms with Crippen LogP contribution in [0.15, 0.2) is 59.8 Å². The van der Waals surface area contributed by atoms with E-state index in [9.17, 15) is 9.59 Å². The van der Waals surface area contributed by atoms with Crippen LogP contribution in [-0.2, 0) is 0 Å². The van der Waals surface area contributed by atoms with Crippen molar-refractivity contribution in [1.29, 1.82) is 0 Å². The van der Waals surface area contributed by atoms with Crippen molar-refractivity contribution in [2.24, 2.45) is 0 Å². The summed E-state index contributed by atoms with van der Waals surface area (Å²) >= 11 is 6.15. The molecule has 0 spiro atoms. The van der Waals surface area contributed by atoms with E-state index in [1.165, 1.54) is 0 Å². The summed E-state index contributed by atoms with van der Waals surface area (Å²) in [6, 6.07) is 8.90. The molecule has 1 atom stereocenters. The monoisotopic (exact) mass is 436 g/mol. The van der Waals surface area contributed by atoms with Crippen LogP contribution < -0.4 is 9.64 Å². The number of anilines is 1. The maximum absolute atomic E-state index is 13.1. The molecule has 0 bridgehead atoms. The Morgan fingerprint density at radius 1 is 1.29 bits per heavy atom. The van der Waals surface area contributed by atoms with Gasteiger partial charge >= 0.3 is 0 Å². The quantitative estimate of drug-likeness (QED) is 0.427. The van der Waals surface area contributed by atoms with Gasteiger partial charge in [0.2, 0.25) is 5.88 Å². The molecular formula is C25H25ClN2O3. The number of nitrogens with zero attached hydrogens (tertiary/aromatic N) is 2. The number of hydrogen-bond donors (Lipinski definition) is 0. The second kappa shape index (κ2) is 9.48. The zero-order valence-corrected chi connectivity index (χ0v) is 18.3. The molecule has 160 valence electrons. The van der Waals surface area contributed by atoms with Crippen LogP contribution in [-0.4, -0.2) is 36.2 Å². The average Bonchev–Trinajstić information content (AvgIpc) is 3.28. The van der Waals surface area contributed by atoms with Gasteiger partial charge in [0.15, 0.2) is 12.1 Å². The predicted octanol–water partition coefficient (Wildman–Crippen LogP) is 5.44. The highest BCUT2D eigenvalue weighted by Crippen LogP contribution is 2.30. The van der Waals surface area contributed by atoms with E-state index in [4.69, 9.17) is 16.3 Å². The van der Waals surface area contributed by atoms with Gasteiger partial charge in [0.25, 0.3) is 0 Å². The van der Waals surface area contributed by atoms with E-state index >= 15 is 0 Å². The van der Waals surface area contributed by atoms with Crippen molar-refractivity contribution >= 4 is 29.4 Å². The minimum absolute atomic E-state index is 0.0186. The Balaban J connectivity index is 1.51. The molecule has 1 saturated heterocycles. The van der Waals surface area contributed by atoms with Crippen LogP contribution in [0, 0.1) is 0 Å². The number of rotatable bonds is 7. The second-order valence-electron chi connectivity index (χ2n) is 7.76. The number of allylic oxidation sites excluding steroid dienone is 4. The third-order valence-corrected chi connectivity index (χ3v) is 6.07. The molecule has 1 aromatic carbocycles. The Hall–Kier alpha value is -2.92. The van der Waals surface area contributed by atoms with Gasteiger partial charge in [-0.1, -0.05) is 30.7 Å². The van der Waals surface area contributed by atoms with Crippen LogP contribution in [0.1, 0.15) is 53.3 Å². The van der Waals surface area contributed by atoms with Gasteiger partial charge in [-0.05, 0) is 55.2 Å². The molecule has 0 saturated carbocycles. The van der Waals surface area contributed by atoms with Crippen LogP contribution in [0.2, 0.25) is 5.02 Å². The van der Waals surface area contributed by atoms with Crippen molar-refractivity contribution in [3.63, 3.8) is 0 Å². The minimum Gasteiger partial charge on any atom is -0.471 e. The number of aromatic nitrogens is 1. The largest absolute Gasteiger partial charge is 0.471 e. The van der Waals surface area contributed by atoms with Crippen LogP contribution in [0.25, 0.3) is 0 Å². The van der Waals surface area contributed by atoms with Crippen molar-refractivity contribution in [3.05, 3.63) is 76.0 Å². The molecule has 0 N–H and O–H groups in total. The van der Waals surface area contributed by atoms with Gasteiger partial charge in [0.05, 0.1) is 6.54 Å². The summed E-state index contributed by atoms with van der Waals surface area (Å²) in [5.41, 5.74) is 3.72. The summed E-state index contributed by atoms with van der Waals surface area (Å²) in [6.45, 7) is 3.42. The number of Topliss-reactive ketones (excluding diaryl/α,β-unsaturated/α-hetero) is 1. The molecule has 4 rings (SSSR count). The first kappa shape index (κ1) is 21.3. The Bertz CT molecular complexity index is 1060. The first-order valence-electron chi connectivity index (χ1n) is 10.7. The van der Waals surface area contributed by atoms with Crippen molar-refractivity contribution < 1.29 is 14.3 Å². The van der Waals surface area contributed by atoms with Crippen molar-refractivity contribution in [1.82, 2.24) is 4.98 Å². The van der Waals surface area contributed by atoms with Gasteiger partial charge in [0.1, 0.15) is 11.1 Å². The van der Waals surface area contributed by atoms with E-state index < -0.39 is 0 Å². The molecular weight excluding hydrogens is 412 g/mol. The van der Waals surface area contributed by atoms with E-state index in [2.05, 4.69) is 22.9 Å². The van der Waals surface area contributed by atoms with Crippen LogP contribution in [0.3, 0.4) is 0 Å². The highest BCUT2D eigenvalue weighted by molar-refractivity contribution is 6.31. The lowest BCUT2D eigenvalue weighted by molar-refractivity contribution is 0.103. The predicted molar refractivity (Wildman–Crippen MR) is 122 cm³/mol. The van der Waals surface area contributed by atoms with Gasteiger partial charge in [-0.15, -0.1) is 0 Å². The maximum atomic E-state index is 13.1. The molecule has 0 radical (unpaired) electrons. The van der Waals surface area contributed by atoms with Crippen molar-refractivity contribution in [2.45, 2.75) is 38.7 Å². The smallest absolute Gasteiger partial charge is 0.232 e. The lowest BCUT2D eigenvalue weighted by Gasteiger charge is -2.21. The molecule has 2 heterocycles. The summed E-state index contributed by atoms with van der Waals surface area (Å²) in [7, 11) is 0. The molecule has 2 aromatic rings. The van der Waals surface area contributed by atoms with E-state index in [1.54, 1.807) is 24.4 Å². The molecule has 31 heavy (non-hydrogen) atoms. The van der Waals surface area contributed by atoms with Gasteiger partial charge < -0.3 is 9.64 Å². The molecule has 1 aliphatic heterocycles. The average molecular weight is 437 g/mol. The molecule has 5 nitrogen and oxygen atoms in total. The third kappa shape index (κ3) is 4.57. The number of ether oxygens (including phenoxy) is 1. The molecule has 0 amide bonds. The zero-order chi connectivity index (χ0) is 21.8. The van der Waals surface area contributed by atoms with Crippen LogP contribution in [0.4, 0.5) is 5.69 Å². The lowest BCUT2D eigenvalue weighted by Crippen LogP contribution is -2.25. The highest BCUT2D eigenvalue weighted by atomic mass is 35.5. The second-order valence-corrected chi connectivity index (χ2v) is 8.17. The third-order valence-electron chi connectivity index (χ3n) is 5.78. The number of pyridine rings is 1. The first-order chi connectivity index (χ1) is 15.1. The number of halogens is 1. The van der Waals surface area contributed by atoms with E-state index in [0.717, 1.165) is 55.3 Å². The van der Waals surface area contributed by atoms with Crippen molar-refractivity contribution in [2.75, 3.05) is 18.0 Å². The minimum atomic E-state index is -0.0714. The first-order valence-corrected chi connectivity index (χ1v) is 11.0. The van der Waals surface area contributed by atoms with Gasteiger partial charge in [-0.2, -0.15) is 0 Å². The number of benzene rings is 1. The Morgan fingerprint density at radius 3 is 2.90 bits per heavy atom. The fraction of sp³-hybridized carbons (Fsp3) is 0.320. The number of carbonyl (C=O) groups is 2. The summed E-state index contributed by atoms with van der Waals surface area (Å²) < 4.78 is 5.96. The number of hydrogen-bond acceptors (Lipinski definition) is 5. The van der Waals surface area contributed by atoms with Crippen LogP contribution >= 0.6 is 11.6 Å². The fourth-order valence-corrected chi connectivity index (χ4v) is 4.36. The topological polar surface area (TPSA) is 59.5 Å². The number of carbonyl (C=O) groups excluding carboxylic acids is 2. The van der Waals surface area contributed by atoms with Gasteiger partial charge in [-0.3, -0.25) is 9.59 Å². The molecule has 2 aliphatic rings. The highest BCUT2D eigenvalue weighted by Gasteiger charge is 2.27. The standard InChI is InChI=1S/C25H25ClN2O3/c1-2-17-6-3-4-7-21(17)24(30)18-9-10-23(19(14-18)16-29)28-13-11-20(15-28)31-25-22(26)8-5-12-27-25/h5-10,12,14,16,20H,2-4,11,13,15H2,1H3. The number of ketones is 1. The molecule has 1 fully saturated rings. The molecule has 6 heteroatoms. The van der Waals surface area contributed by atoms with Crippen molar-refractivity contribution in [3.8, 4) is 5.88 Å². The van der Waals surface area contributed by atoms with Gasteiger partial charge in [-0.25, -0.2) is 4.98 Å². The Labute approximate surface area is 187 Å². The summed E-state index contributed by atoms with van der Waals surface area (Å²) in [5, 5.41) is 0.481. The summed E-state index contributed by atoms with van der Waals surface area (Å²) in [4.78, 5) is 31.2. The summed E-state index contributed by atoms with van der Waals surface area (Å²) in [5.74, 6) is 0.406. The summed E-state index contributed by atoms with van der Waals surface area (Å²) in [6.07, 6.45) is 10.0. The van der Waals surface area contributed by atoms with E-state index in [1.807, 2.05) is 18.2 Å². The van der Waals surface area contributed by atoms with Gasteiger partial charge in [0, 0.05) is 41.5 Å². The fourth-order valence-electron chi connectivity index (χ4n) is 4.19.